The van der Waals surface area contributed by atoms with Crippen LogP contribution in [0.3, 0.4) is 0 Å². The molecule has 1 aromatic heterocycles. The summed E-state index contributed by atoms with van der Waals surface area (Å²) in [5.74, 6) is 0. The van der Waals surface area contributed by atoms with Gasteiger partial charge in [0.25, 0.3) is 0 Å². The Morgan fingerprint density at radius 1 is 1.19 bits per heavy atom. The molecule has 2 rings (SSSR count). The largest absolute Gasteiger partial charge is 0.226 e. The molecule has 0 saturated carbocycles. The molecule has 0 radical (unpaired) electrons. The maximum absolute atomic E-state index is 8.55. The number of rotatable bonds is 2. The van der Waals surface area contributed by atoms with Crippen molar-refractivity contribution in [1.29, 1.82) is 5.26 Å². The molecule has 0 fully saturated rings. The van der Waals surface area contributed by atoms with Gasteiger partial charge in [0.15, 0.2) is 0 Å². The van der Waals surface area contributed by atoms with Gasteiger partial charge in [-0.15, -0.1) is 0 Å². The van der Waals surface area contributed by atoms with Crippen molar-refractivity contribution in [2.24, 2.45) is 0 Å². The van der Waals surface area contributed by atoms with Crippen molar-refractivity contribution < 1.29 is 0 Å². The maximum atomic E-state index is 8.55. The minimum Gasteiger partial charge on any atom is -0.226 e. The third-order valence-corrected chi connectivity index (χ3v) is 2.34. The molecule has 0 unspecified atom stereocenters. The first kappa shape index (κ1) is 10.6. The normalized spacial score (nSPS) is 9.75. The molecule has 0 saturated heterocycles. The quantitative estimate of drug-likeness (QED) is 0.744. The Morgan fingerprint density at radius 2 is 1.94 bits per heavy atom. The summed E-state index contributed by atoms with van der Waals surface area (Å²) >= 11 is 5.71. The molecular weight excluding hydrogens is 222 g/mol. The molecule has 0 spiro atoms. The van der Waals surface area contributed by atoms with E-state index in [1.807, 2.05) is 24.3 Å². The fraction of sp³-hybridized carbons (Fsp3) is 0.0833. The first-order valence-electron chi connectivity index (χ1n) is 4.74. The van der Waals surface area contributed by atoms with Crippen molar-refractivity contribution in [3.05, 3.63) is 47.4 Å². The van der Waals surface area contributed by atoms with Gasteiger partial charge in [-0.25, -0.2) is 9.97 Å². The zero-order chi connectivity index (χ0) is 11.4. The van der Waals surface area contributed by atoms with Gasteiger partial charge in [0.05, 0.1) is 18.2 Å². The van der Waals surface area contributed by atoms with E-state index >= 15 is 0 Å². The lowest BCUT2D eigenvalue weighted by molar-refractivity contribution is 1.17. The molecule has 0 aliphatic carbocycles. The average molecular weight is 230 g/mol. The summed E-state index contributed by atoms with van der Waals surface area (Å²) in [4.78, 5) is 7.93. The lowest BCUT2D eigenvalue weighted by atomic mass is 10.1. The molecule has 16 heavy (non-hydrogen) atoms. The van der Waals surface area contributed by atoms with Crippen molar-refractivity contribution in [3.8, 4) is 17.3 Å². The second-order valence-electron chi connectivity index (χ2n) is 3.24. The lowest BCUT2D eigenvalue weighted by Crippen LogP contribution is -1.87. The highest BCUT2D eigenvalue weighted by molar-refractivity contribution is 6.28. The van der Waals surface area contributed by atoms with Gasteiger partial charge in [-0.1, -0.05) is 24.3 Å². The first-order chi connectivity index (χ1) is 7.79. The number of benzene rings is 1. The van der Waals surface area contributed by atoms with Gasteiger partial charge in [-0.05, 0) is 23.2 Å². The van der Waals surface area contributed by atoms with Crippen LogP contribution in [-0.4, -0.2) is 9.97 Å². The Hall–Kier alpha value is -1.92. The van der Waals surface area contributed by atoms with Gasteiger partial charge in [-0.3, -0.25) is 0 Å². The van der Waals surface area contributed by atoms with Gasteiger partial charge in [-0.2, -0.15) is 5.26 Å². The number of hydrogen-bond donors (Lipinski definition) is 0. The molecular formula is C12H8ClN3. The fourth-order valence-electron chi connectivity index (χ4n) is 1.38. The van der Waals surface area contributed by atoms with Crippen LogP contribution in [0.5, 0.6) is 0 Å². The molecule has 3 nitrogen and oxygen atoms in total. The third-order valence-electron chi connectivity index (χ3n) is 2.16. The van der Waals surface area contributed by atoms with Crippen LogP contribution in [0.25, 0.3) is 11.3 Å². The summed E-state index contributed by atoms with van der Waals surface area (Å²) < 4.78 is 0. The summed E-state index contributed by atoms with van der Waals surface area (Å²) in [6.45, 7) is 0. The van der Waals surface area contributed by atoms with E-state index in [2.05, 4.69) is 16.0 Å². The van der Waals surface area contributed by atoms with E-state index in [0.717, 1.165) is 16.8 Å². The van der Waals surface area contributed by atoms with Crippen LogP contribution in [0.15, 0.2) is 36.5 Å². The summed E-state index contributed by atoms with van der Waals surface area (Å²) in [5.41, 5.74) is 2.74. The van der Waals surface area contributed by atoms with Gasteiger partial charge in [0.1, 0.15) is 0 Å². The van der Waals surface area contributed by atoms with Crippen LogP contribution in [0, 0.1) is 11.3 Å². The van der Waals surface area contributed by atoms with Crippen LogP contribution in [0.1, 0.15) is 5.56 Å². The van der Waals surface area contributed by atoms with E-state index in [9.17, 15) is 0 Å². The van der Waals surface area contributed by atoms with Crippen LogP contribution >= 0.6 is 11.6 Å². The lowest BCUT2D eigenvalue weighted by Gasteiger charge is -2.01. The molecule has 0 atom stereocenters. The van der Waals surface area contributed by atoms with E-state index in [0.29, 0.717) is 6.42 Å². The van der Waals surface area contributed by atoms with Crippen molar-refractivity contribution in [1.82, 2.24) is 9.97 Å². The van der Waals surface area contributed by atoms with Crippen LogP contribution in [0.2, 0.25) is 5.28 Å². The summed E-state index contributed by atoms with van der Waals surface area (Å²) in [7, 11) is 0. The zero-order valence-electron chi connectivity index (χ0n) is 8.39. The van der Waals surface area contributed by atoms with Gasteiger partial charge in [0, 0.05) is 11.8 Å². The molecule has 1 aromatic carbocycles. The fourth-order valence-corrected chi connectivity index (χ4v) is 1.53. The van der Waals surface area contributed by atoms with E-state index in [-0.39, 0.29) is 5.28 Å². The first-order valence-corrected chi connectivity index (χ1v) is 5.12. The second-order valence-corrected chi connectivity index (χ2v) is 3.58. The van der Waals surface area contributed by atoms with Crippen molar-refractivity contribution in [2.45, 2.75) is 6.42 Å². The highest BCUT2D eigenvalue weighted by atomic mass is 35.5. The molecule has 0 N–H and O–H groups in total. The molecule has 1 heterocycles. The van der Waals surface area contributed by atoms with E-state index < -0.39 is 0 Å². The van der Waals surface area contributed by atoms with Gasteiger partial charge in [0.2, 0.25) is 5.28 Å². The number of aromatic nitrogens is 2. The van der Waals surface area contributed by atoms with Crippen LogP contribution in [0.4, 0.5) is 0 Å². The zero-order valence-corrected chi connectivity index (χ0v) is 9.15. The SMILES string of the molecule is N#CCc1ccc(-c2ccnc(Cl)n2)cc1. The Labute approximate surface area is 98.4 Å². The molecule has 0 bridgehead atoms. The second kappa shape index (κ2) is 4.73. The Bertz CT molecular complexity index is 529. The smallest absolute Gasteiger partial charge is 0.222 e. The van der Waals surface area contributed by atoms with Crippen molar-refractivity contribution in [2.75, 3.05) is 0 Å². The minimum absolute atomic E-state index is 0.235. The topological polar surface area (TPSA) is 49.6 Å². The van der Waals surface area contributed by atoms with Crippen LogP contribution < -0.4 is 0 Å². The van der Waals surface area contributed by atoms with Crippen LogP contribution in [-0.2, 0) is 6.42 Å². The van der Waals surface area contributed by atoms with Crippen molar-refractivity contribution in [3.63, 3.8) is 0 Å². The number of hydrogen-bond acceptors (Lipinski definition) is 3. The number of halogens is 1. The highest BCUT2D eigenvalue weighted by Crippen LogP contribution is 2.18. The molecule has 0 amide bonds. The maximum Gasteiger partial charge on any atom is 0.222 e. The average Bonchev–Trinajstić information content (AvgIpc) is 2.30. The van der Waals surface area contributed by atoms with E-state index in [1.165, 1.54) is 0 Å². The Kier molecular flexibility index (Phi) is 3.13. The Morgan fingerprint density at radius 3 is 2.56 bits per heavy atom. The summed E-state index contributed by atoms with van der Waals surface area (Å²) in [5, 5.41) is 8.79. The number of nitriles is 1. The van der Waals surface area contributed by atoms with Crippen molar-refractivity contribution >= 4 is 11.6 Å². The monoisotopic (exact) mass is 229 g/mol. The minimum atomic E-state index is 0.235. The predicted octanol–water partition coefficient (Wildman–Crippen LogP) is 2.86. The van der Waals surface area contributed by atoms with Gasteiger partial charge < -0.3 is 0 Å². The predicted molar refractivity (Wildman–Crippen MR) is 61.8 cm³/mol. The Balaban J connectivity index is 2.32. The summed E-state index contributed by atoms with van der Waals surface area (Å²) in [6, 6.07) is 11.6. The molecule has 0 aliphatic heterocycles. The molecule has 0 aliphatic rings. The van der Waals surface area contributed by atoms with E-state index in [1.54, 1.807) is 12.3 Å². The molecule has 2 aromatic rings. The highest BCUT2D eigenvalue weighted by Gasteiger charge is 2.00. The van der Waals surface area contributed by atoms with Gasteiger partial charge >= 0.3 is 0 Å². The number of nitrogens with zero attached hydrogens (tertiary/aromatic N) is 3. The molecule has 78 valence electrons. The summed E-state index contributed by atoms with van der Waals surface area (Å²) in [6.07, 6.45) is 2.04. The molecule has 4 heteroatoms. The standard InChI is InChI=1S/C12H8ClN3/c13-12-15-8-6-11(16-12)10-3-1-9(2-4-10)5-7-14/h1-4,6,8H,5H2. The third kappa shape index (κ3) is 2.36. The van der Waals surface area contributed by atoms with E-state index in [4.69, 9.17) is 16.9 Å².